The zero-order chi connectivity index (χ0) is 10.5. The van der Waals surface area contributed by atoms with Gasteiger partial charge in [-0.15, -0.1) is 0 Å². The molecule has 0 atom stereocenters. The Morgan fingerprint density at radius 1 is 1.07 bits per heavy atom. The van der Waals surface area contributed by atoms with Gasteiger partial charge in [0.05, 0.1) is 0 Å². The maximum atomic E-state index is 5.69. The first kappa shape index (κ1) is 10.6. The third-order valence-electron chi connectivity index (χ3n) is 2.90. The minimum atomic E-state index is 0.494. The molecule has 0 bridgehead atoms. The molecule has 1 aliphatic rings. The van der Waals surface area contributed by atoms with Crippen molar-refractivity contribution in [3.63, 3.8) is 0 Å². The van der Waals surface area contributed by atoms with Crippen LogP contribution in [0, 0.1) is 5.92 Å². The first-order valence-corrected chi connectivity index (χ1v) is 6.04. The summed E-state index contributed by atoms with van der Waals surface area (Å²) in [6, 6.07) is 9.83. The van der Waals surface area contributed by atoms with E-state index in [4.69, 9.17) is 17.0 Å². The second-order valence-electron chi connectivity index (χ2n) is 4.07. The highest BCUT2D eigenvalue weighted by atomic mass is 32.1. The maximum Gasteiger partial charge on any atom is 0.170 e. The Morgan fingerprint density at radius 2 is 1.73 bits per heavy atom. The molecule has 15 heavy (non-hydrogen) atoms. The molecule has 1 aromatic rings. The van der Waals surface area contributed by atoms with Crippen LogP contribution in [0.1, 0.15) is 32.1 Å². The summed E-state index contributed by atoms with van der Waals surface area (Å²) in [5, 5.41) is 0.779. The number of hydrogen-bond acceptors (Lipinski definition) is 2. The Bertz CT molecular complexity index is 315. The molecule has 0 saturated heterocycles. The van der Waals surface area contributed by atoms with Crippen molar-refractivity contribution < 1.29 is 4.74 Å². The first-order chi connectivity index (χ1) is 7.36. The summed E-state index contributed by atoms with van der Waals surface area (Å²) < 4.78 is 5.69. The zero-order valence-corrected chi connectivity index (χ0v) is 9.63. The standard InChI is InChI=1S/C13H16OS/c15-13(11-7-3-1-4-8-11)14-12-9-5-2-6-10-12/h2,5-6,9-11H,1,3-4,7-8H2. The number of ether oxygens (including phenoxy) is 1. The number of thiocarbonyl (C=S) groups is 1. The van der Waals surface area contributed by atoms with Gasteiger partial charge in [0.1, 0.15) is 5.75 Å². The molecule has 1 saturated carbocycles. The van der Waals surface area contributed by atoms with Crippen molar-refractivity contribution in [1.29, 1.82) is 0 Å². The Labute approximate surface area is 96.5 Å². The molecule has 0 aromatic heterocycles. The van der Waals surface area contributed by atoms with Crippen molar-refractivity contribution in [1.82, 2.24) is 0 Å². The van der Waals surface area contributed by atoms with Gasteiger partial charge in [0, 0.05) is 5.92 Å². The quantitative estimate of drug-likeness (QED) is 0.697. The fraction of sp³-hybridized carbons (Fsp3) is 0.462. The first-order valence-electron chi connectivity index (χ1n) is 5.63. The highest BCUT2D eigenvalue weighted by Gasteiger charge is 2.19. The molecule has 0 heterocycles. The lowest BCUT2D eigenvalue weighted by atomic mass is 9.90. The second kappa shape index (κ2) is 5.26. The van der Waals surface area contributed by atoms with E-state index in [2.05, 4.69) is 0 Å². The fourth-order valence-corrected chi connectivity index (χ4v) is 2.36. The minimum Gasteiger partial charge on any atom is -0.450 e. The lowest BCUT2D eigenvalue weighted by Crippen LogP contribution is -2.20. The molecular weight excluding hydrogens is 204 g/mol. The summed E-state index contributed by atoms with van der Waals surface area (Å²) >= 11 is 5.33. The zero-order valence-electron chi connectivity index (χ0n) is 8.82. The lowest BCUT2D eigenvalue weighted by Gasteiger charge is -2.22. The van der Waals surface area contributed by atoms with Gasteiger partial charge in [-0.3, -0.25) is 0 Å². The van der Waals surface area contributed by atoms with Gasteiger partial charge in [0.2, 0.25) is 0 Å². The highest BCUT2D eigenvalue weighted by molar-refractivity contribution is 7.80. The Balaban J connectivity index is 1.91. The van der Waals surface area contributed by atoms with Gasteiger partial charge in [0.15, 0.2) is 5.05 Å². The van der Waals surface area contributed by atoms with Crippen LogP contribution >= 0.6 is 12.2 Å². The molecule has 2 rings (SSSR count). The molecule has 1 fully saturated rings. The molecule has 1 aromatic carbocycles. The molecule has 1 aliphatic carbocycles. The summed E-state index contributed by atoms with van der Waals surface area (Å²) in [7, 11) is 0. The summed E-state index contributed by atoms with van der Waals surface area (Å²) in [4.78, 5) is 0. The van der Waals surface area contributed by atoms with Gasteiger partial charge in [-0.2, -0.15) is 0 Å². The van der Waals surface area contributed by atoms with Crippen LogP contribution in [0.25, 0.3) is 0 Å². The van der Waals surface area contributed by atoms with Crippen molar-refractivity contribution >= 4 is 17.3 Å². The molecular formula is C13H16OS. The van der Waals surface area contributed by atoms with E-state index in [0.717, 1.165) is 10.8 Å². The van der Waals surface area contributed by atoms with Gasteiger partial charge in [-0.05, 0) is 37.2 Å². The third kappa shape index (κ3) is 3.03. The van der Waals surface area contributed by atoms with Gasteiger partial charge in [-0.1, -0.05) is 37.5 Å². The van der Waals surface area contributed by atoms with Crippen LogP contribution in [0.3, 0.4) is 0 Å². The topological polar surface area (TPSA) is 9.23 Å². The van der Waals surface area contributed by atoms with E-state index in [0.29, 0.717) is 5.92 Å². The summed E-state index contributed by atoms with van der Waals surface area (Å²) in [5.41, 5.74) is 0. The van der Waals surface area contributed by atoms with E-state index in [1.54, 1.807) is 0 Å². The molecule has 80 valence electrons. The van der Waals surface area contributed by atoms with Crippen LogP contribution in [0.15, 0.2) is 30.3 Å². The minimum absolute atomic E-state index is 0.494. The van der Waals surface area contributed by atoms with Gasteiger partial charge < -0.3 is 4.74 Å². The predicted molar refractivity (Wildman–Crippen MR) is 66.2 cm³/mol. The van der Waals surface area contributed by atoms with Crippen molar-refractivity contribution in [3.05, 3.63) is 30.3 Å². The molecule has 2 heteroatoms. The van der Waals surface area contributed by atoms with Crippen LogP contribution in [-0.4, -0.2) is 5.05 Å². The SMILES string of the molecule is S=C(Oc1ccccc1)C1CCCCC1. The van der Waals surface area contributed by atoms with Crippen LogP contribution in [0.5, 0.6) is 5.75 Å². The molecule has 1 nitrogen and oxygen atoms in total. The third-order valence-corrected chi connectivity index (χ3v) is 3.32. The smallest absolute Gasteiger partial charge is 0.170 e. The van der Waals surface area contributed by atoms with E-state index < -0.39 is 0 Å². The average molecular weight is 220 g/mol. The second-order valence-corrected chi connectivity index (χ2v) is 4.47. The van der Waals surface area contributed by atoms with Gasteiger partial charge >= 0.3 is 0 Å². The molecule has 0 radical (unpaired) electrons. The van der Waals surface area contributed by atoms with Crippen LogP contribution in [-0.2, 0) is 0 Å². The molecule has 0 unspecified atom stereocenters. The summed E-state index contributed by atoms with van der Waals surface area (Å²) in [6.45, 7) is 0. The summed E-state index contributed by atoms with van der Waals surface area (Å²) in [6.07, 6.45) is 6.34. The van der Waals surface area contributed by atoms with Crippen LogP contribution < -0.4 is 4.74 Å². The molecule has 0 N–H and O–H groups in total. The number of para-hydroxylation sites is 1. The van der Waals surface area contributed by atoms with E-state index >= 15 is 0 Å². The van der Waals surface area contributed by atoms with E-state index in [9.17, 15) is 0 Å². The largest absolute Gasteiger partial charge is 0.450 e. The normalized spacial score (nSPS) is 17.3. The summed E-state index contributed by atoms with van der Waals surface area (Å²) in [5.74, 6) is 1.36. The average Bonchev–Trinajstić information content (AvgIpc) is 2.31. The van der Waals surface area contributed by atoms with E-state index in [1.807, 2.05) is 30.3 Å². The number of benzene rings is 1. The van der Waals surface area contributed by atoms with E-state index in [-0.39, 0.29) is 0 Å². The van der Waals surface area contributed by atoms with Crippen molar-refractivity contribution in [2.24, 2.45) is 5.92 Å². The van der Waals surface area contributed by atoms with Crippen LogP contribution in [0.4, 0.5) is 0 Å². The number of rotatable bonds is 2. The Morgan fingerprint density at radius 3 is 2.40 bits per heavy atom. The predicted octanol–water partition coefficient (Wildman–Crippen LogP) is 3.97. The Kier molecular flexibility index (Phi) is 3.73. The maximum absolute atomic E-state index is 5.69. The Hall–Kier alpha value is -0.890. The number of hydrogen-bond donors (Lipinski definition) is 0. The monoisotopic (exact) mass is 220 g/mol. The molecule has 0 amide bonds. The van der Waals surface area contributed by atoms with Crippen molar-refractivity contribution in [2.45, 2.75) is 32.1 Å². The van der Waals surface area contributed by atoms with Gasteiger partial charge in [-0.25, -0.2) is 0 Å². The molecule has 0 spiro atoms. The van der Waals surface area contributed by atoms with Crippen LogP contribution in [0.2, 0.25) is 0 Å². The van der Waals surface area contributed by atoms with Crippen molar-refractivity contribution in [3.8, 4) is 5.75 Å². The van der Waals surface area contributed by atoms with Crippen molar-refractivity contribution in [2.75, 3.05) is 0 Å². The molecule has 0 aliphatic heterocycles. The van der Waals surface area contributed by atoms with E-state index in [1.165, 1.54) is 32.1 Å². The lowest BCUT2D eigenvalue weighted by molar-refractivity contribution is 0.396. The fourth-order valence-electron chi connectivity index (χ4n) is 2.03. The van der Waals surface area contributed by atoms with Gasteiger partial charge in [0.25, 0.3) is 0 Å². The highest BCUT2D eigenvalue weighted by Crippen LogP contribution is 2.26.